The van der Waals surface area contributed by atoms with Crippen molar-refractivity contribution >= 4 is 34.6 Å². The summed E-state index contributed by atoms with van der Waals surface area (Å²) in [7, 11) is 1.73. The molecule has 1 fully saturated rings. The highest BCUT2D eigenvalue weighted by atomic mass is 35.5. The first-order valence-electron chi connectivity index (χ1n) is 14.3. The van der Waals surface area contributed by atoms with Gasteiger partial charge in [-0.15, -0.1) is 10.2 Å². The van der Waals surface area contributed by atoms with E-state index in [1.807, 2.05) is 18.2 Å². The summed E-state index contributed by atoms with van der Waals surface area (Å²) in [5.74, 6) is -0.956. The number of carbonyl (C=O) groups excluding carboxylic acids is 2. The molecule has 16 heteroatoms. The predicted octanol–water partition coefficient (Wildman–Crippen LogP) is 2.22. The molecule has 46 heavy (non-hydrogen) atoms. The minimum absolute atomic E-state index is 0.0518. The van der Waals surface area contributed by atoms with Crippen LogP contribution in [0.4, 0.5) is 4.79 Å². The van der Waals surface area contributed by atoms with Gasteiger partial charge in [-0.2, -0.15) is 5.10 Å². The second kappa shape index (κ2) is 12.3. The SMILES string of the molecule is Cn1nc2c(=O)n(CC3(O)CCN(Cc4ccc(-c5nnc(C(N)=O)o5)cc4Cl)CC3)cnc2c1-c1ccc(COC(N)=O)cc1. The Morgan fingerprint density at radius 3 is 2.43 bits per heavy atom. The number of fused-ring (bicyclic) bond motifs is 1. The summed E-state index contributed by atoms with van der Waals surface area (Å²) in [6.45, 7) is 1.85. The molecule has 4 heterocycles. The second-order valence-electron chi connectivity index (χ2n) is 11.2. The largest absolute Gasteiger partial charge is 0.445 e. The lowest BCUT2D eigenvalue weighted by Gasteiger charge is -2.38. The van der Waals surface area contributed by atoms with E-state index in [0.29, 0.717) is 54.3 Å². The number of rotatable bonds is 9. The highest BCUT2D eigenvalue weighted by molar-refractivity contribution is 6.31. The quantitative estimate of drug-likeness (QED) is 0.211. The van der Waals surface area contributed by atoms with Gasteiger partial charge in [0.2, 0.25) is 5.89 Å². The van der Waals surface area contributed by atoms with Crippen LogP contribution < -0.4 is 17.0 Å². The van der Waals surface area contributed by atoms with Crippen LogP contribution in [0, 0.1) is 0 Å². The normalized spacial score (nSPS) is 14.8. The Labute approximate surface area is 266 Å². The van der Waals surface area contributed by atoms with Crippen LogP contribution in [0.3, 0.4) is 0 Å². The van der Waals surface area contributed by atoms with Crippen molar-refractivity contribution in [2.45, 2.75) is 38.1 Å². The second-order valence-corrected chi connectivity index (χ2v) is 11.6. The topological polar surface area (TPSA) is 211 Å². The first-order valence-corrected chi connectivity index (χ1v) is 14.7. The van der Waals surface area contributed by atoms with Crippen molar-refractivity contribution in [3.05, 3.63) is 81.2 Å². The summed E-state index contributed by atoms with van der Waals surface area (Å²) in [6.07, 6.45) is 1.47. The highest BCUT2D eigenvalue weighted by Gasteiger charge is 2.34. The van der Waals surface area contributed by atoms with Gasteiger partial charge >= 0.3 is 17.9 Å². The van der Waals surface area contributed by atoms with E-state index in [2.05, 4.69) is 25.2 Å². The van der Waals surface area contributed by atoms with Crippen LogP contribution in [0.2, 0.25) is 5.02 Å². The average Bonchev–Trinajstić information content (AvgIpc) is 3.66. The van der Waals surface area contributed by atoms with E-state index in [1.54, 1.807) is 36.0 Å². The van der Waals surface area contributed by atoms with Gasteiger partial charge in [-0.1, -0.05) is 41.9 Å². The van der Waals surface area contributed by atoms with E-state index >= 15 is 0 Å². The Hall–Kier alpha value is -5.12. The summed E-state index contributed by atoms with van der Waals surface area (Å²) in [5.41, 5.74) is 13.0. The van der Waals surface area contributed by atoms with Crippen LogP contribution in [0.25, 0.3) is 33.7 Å². The summed E-state index contributed by atoms with van der Waals surface area (Å²) >= 11 is 6.55. The fourth-order valence-electron chi connectivity index (χ4n) is 5.54. The Bertz CT molecular complexity index is 1990. The number of amides is 2. The number of piperidine rings is 1. The number of aryl methyl sites for hydroxylation is 1. The molecule has 0 unspecified atom stereocenters. The van der Waals surface area contributed by atoms with Crippen molar-refractivity contribution in [3.63, 3.8) is 0 Å². The molecule has 5 N–H and O–H groups in total. The smallest absolute Gasteiger partial charge is 0.404 e. The summed E-state index contributed by atoms with van der Waals surface area (Å²) in [6, 6.07) is 12.6. The van der Waals surface area contributed by atoms with Gasteiger partial charge in [-0.3, -0.25) is 23.7 Å². The molecule has 1 saturated heterocycles. The molecule has 0 bridgehead atoms. The highest BCUT2D eigenvalue weighted by Crippen LogP contribution is 2.30. The monoisotopic (exact) mass is 647 g/mol. The molecule has 3 aromatic heterocycles. The van der Waals surface area contributed by atoms with Gasteiger partial charge in [-0.05, 0) is 36.1 Å². The number of benzene rings is 2. The maximum absolute atomic E-state index is 13.5. The number of aromatic nitrogens is 6. The summed E-state index contributed by atoms with van der Waals surface area (Å²) < 4.78 is 13.1. The number of carbonyl (C=O) groups is 2. The van der Waals surface area contributed by atoms with Crippen molar-refractivity contribution in [1.29, 1.82) is 0 Å². The van der Waals surface area contributed by atoms with Crippen LogP contribution >= 0.6 is 11.6 Å². The lowest BCUT2D eigenvalue weighted by molar-refractivity contribution is -0.0364. The third-order valence-corrected chi connectivity index (χ3v) is 8.35. The number of halogens is 1. The van der Waals surface area contributed by atoms with E-state index in [0.717, 1.165) is 16.7 Å². The van der Waals surface area contributed by atoms with Gasteiger partial charge in [0.25, 0.3) is 5.56 Å². The zero-order chi connectivity index (χ0) is 32.6. The lowest BCUT2D eigenvalue weighted by atomic mass is 9.91. The summed E-state index contributed by atoms with van der Waals surface area (Å²) in [5, 5.41) is 23.8. The Balaban J connectivity index is 1.11. The Kier molecular flexibility index (Phi) is 8.29. The van der Waals surface area contributed by atoms with E-state index in [4.69, 9.17) is 32.2 Å². The van der Waals surface area contributed by atoms with Crippen LogP contribution in [0.15, 0.2) is 58.0 Å². The fraction of sp³-hybridized carbons (Fsp3) is 0.300. The van der Waals surface area contributed by atoms with E-state index in [1.165, 1.54) is 10.9 Å². The maximum atomic E-state index is 13.5. The van der Waals surface area contributed by atoms with Crippen molar-refractivity contribution in [3.8, 4) is 22.7 Å². The van der Waals surface area contributed by atoms with Crippen LogP contribution in [0.5, 0.6) is 0 Å². The minimum atomic E-state index is -1.11. The maximum Gasteiger partial charge on any atom is 0.404 e. The zero-order valence-electron chi connectivity index (χ0n) is 24.7. The third kappa shape index (κ3) is 6.33. The number of nitrogens with zero attached hydrogens (tertiary/aromatic N) is 7. The molecule has 0 atom stereocenters. The van der Waals surface area contributed by atoms with Crippen molar-refractivity contribution < 1.29 is 23.8 Å². The first-order chi connectivity index (χ1) is 22.0. The standard InChI is InChI=1S/C30H30ClN9O6/c1-38-24(18-4-2-17(3-5-18)14-45-29(33)43)22-23(37-38)28(42)40(16-34-22)15-30(44)8-10-39(11-9-30)13-20-7-6-19(12-21(20)31)26-35-36-27(46-26)25(32)41/h2-7,12,16,44H,8-11,13-15H2,1H3,(H2,32,41)(H2,33,43). The van der Waals surface area contributed by atoms with E-state index in [9.17, 15) is 19.5 Å². The third-order valence-electron chi connectivity index (χ3n) is 8.00. The van der Waals surface area contributed by atoms with Gasteiger partial charge in [0, 0.05) is 42.8 Å². The van der Waals surface area contributed by atoms with Crippen LogP contribution in [-0.2, 0) is 31.5 Å². The number of hydrogen-bond acceptors (Lipinski definition) is 11. The molecular formula is C30H30ClN9O6. The zero-order valence-corrected chi connectivity index (χ0v) is 25.5. The predicted molar refractivity (Wildman–Crippen MR) is 165 cm³/mol. The molecule has 5 aromatic rings. The van der Waals surface area contributed by atoms with Crippen LogP contribution in [-0.4, -0.2) is 70.2 Å². The molecular weight excluding hydrogens is 618 g/mol. The molecule has 1 aliphatic heterocycles. The van der Waals surface area contributed by atoms with Gasteiger partial charge in [-0.25, -0.2) is 9.78 Å². The minimum Gasteiger partial charge on any atom is -0.445 e. The number of primary amides is 2. The number of hydrogen-bond donors (Lipinski definition) is 3. The average molecular weight is 648 g/mol. The van der Waals surface area contributed by atoms with Crippen molar-refractivity contribution in [1.82, 2.24) is 34.4 Å². The number of nitrogens with two attached hydrogens (primary N) is 2. The first kappa shape index (κ1) is 30.9. The molecule has 15 nitrogen and oxygen atoms in total. The summed E-state index contributed by atoms with van der Waals surface area (Å²) in [4.78, 5) is 42.3. The molecule has 6 rings (SSSR count). The molecule has 2 amide bonds. The Morgan fingerprint density at radius 2 is 1.78 bits per heavy atom. The van der Waals surface area contributed by atoms with E-state index in [-0.39, 0.29) is 36.0 Å². The van der Waals surface area contributed by atoms with Gasteiger partial charge in [0.1, 0.15) is 12.1 Å². The molecule has 0 radical (unpaired) electrons. The van der Waals surface area contributed by atoms with Crippen molar-refractivity contribution in [2.75, 3.05) is 13.1 Å². The molecule has 1 aliphatic rings. The molecule has 0 aliphatic carbocycles. The lowest BCUT2D eigenvalue weighted by Crippen LogP contribution is -2.47. The molecule has 238 valence electrons. The van der Waals surface area contributed by atoms with Gasteiger partial charge in [0.15, 0.2) is 5.52 Å². The fourth-order valence-corrected chi connectivity index (χ4v) is 5.78. The van der Waals surface area contributed by atoms with Gasteiger partial charge < -0.3 is 25.7 Å². The van der Waals surface area contributed by atoms with E-state index < -0.39 is 17.6 Å². The van der Waals surface area contributed by atoms with Crippen LogP contribution in [0.1, 0.15) is 34.7 Å². The molecule has 0 spiro atoms. The molecule has 0 saturated carbocycles. The molecule has 2 aromatic carbocycles. The number of likely N-dealkylation sites (tertiary alicyclic amines) is 1. The number of ether oxygens (including phenoxy) is 1. The van der Waals surface area contributed by atoms with Crippen molar-refractivity contribution in [2.24, 2.45) is 18.5 Å². The van der Waals surface area contributed by atoms with Gasteiger partial charge in [0.05, 0.1) is 24.2 Å². The number of aliphatic hydroxyl groups is 1. The Morgan fingerprint density at radius 1 is 1.07 bits per heavy atom.